The second-order valence-electron chi connectivity index (χ2n) is 5.50. The maximum Gasteiger partial charge on any atom is 0.226 e. The Hall–Kier alpha value is -1.94. The average Bonchev–Trinajstić information content (AvgIpc) is 2.79. The van der Waals surface area contributed by atoms with E-state index in [1.54, 1.807) is 0 Å². The lowest BCUT2D eigenvalue weighted by Gasteiger charge is -2.40. The first kappa shape index (κ1) is 14.0. The Bertz CT molecular complexity index is 552. The molecule has 1 saturated heterocycles. The molecule has 1 atom stereocenters. The molecule has 1 unspecified atom stereocenters. The first-order valence-corrected chi connectivity index (χ1v) is 7.64. The van der Waals surface area contributed by atoms with Crippen LogP contribution in [0.1, 0.15) is 13.3 Å². The fourth-order valence-corrected chi connectivity index (χ4v) is 2.97. The maximum absolute atomic E-state index is 4.69. The van der Waals surface area contributed by atoms with Crippen LogP contribution >= 0.6 is 0 Å². The Morgan fingerprint density at radius 1 is 1.19 bits per heavy atom. The molecule has 0 bridgehead atoms. The molecule has 3 rings (SSSR count). The Kier molecular flexibility index (Phi) is 4.15. The summed E-state index contributed by atoms with van der Waals surface area (Å²) in [5.41, 5.74) is 1.94. The highest BCUT2D eigenvalue weighted by Gasteiger charge is 2.27. The number of rotatable bonds is 4. The lowest BCUT2D eigenvalue weighted by molar-refractivity contribution is 0.190. The van der Waals surface area contributed by atoms with Crippen molar-refractivity contribution in [2.45, 2.75) is 19.4 Å². The van der Waals surface area contributed by atoms with Crippen molar-refractivity contribution in [2.24, 2.45) is 0 Å². The van der Waals surface area contributed by atoms with Gasteiger partial charge in [-0.05, 0) is 18.6 Å². The summed E-state index contributed by atoms with van der Waals surface area (Å²) in [7, 11) is 0. The summed E-state index contributed by atoms with van der Waals surface area (Å²) in [6.45, 7) is 10.1. The van der Waals surface area contributed by atoms with E-state index in [2.05, 4.69) is 23.3 Å². The molecule has 0 amide bonds. The van der Waals surface area contributed by atoms with Crippen molar-refractivity contribution in [3.05, 3.63) is 43.0 Å². The molecule has 0 aromatic rings. The topological polar surface area (TPSA) is 32.3 Å². The molecule has 1 aliphatic carbocycles. The normalized spacial score (nSPS) is 19.9. The van der Waals surface area contributed by atoms with Gasteiger partial charge in [-0.15, -0.1) is 6.58 Å². The van der Waals surface area contributed by atoms with Gasteiger partial charge < -0.3 is 4.90 Å². The highest BCUT2D eigenvalue weighted by molar-refractivity contribution is 5.60. The number of anilines is 1. The van der Waals surface area contributed by atoms with Gasteiger partial charge in [0.1, 0.15) is 0 Å². The van der Waals surface area contributed by atoms with Gasteiger partial charge in [0.25, 0.3) is 0 Å². The number of nitrogens with zero attached hydrogens (tertiary/aromatic N) is 4. The number of hydrogen-bond donors (Lipinski definition) is 0. The van der Waals surface area contributed by atoms with Gasteiger partial charge in [0.05, 0.1) is 11.4 Å². The van der Waals surface area contributed by atoms with Crippen molar-refractivity contribution in [1.82, 2.24) is 14.9 Å². The van der Waals surface area contributed by atoms with Crippen molar-refractivity contribution in [3.63, 3.8) is 0 Å². The van der Waals surface area contributed by atoms with E-state index >= 15 is 0 Å². The molecule has 0 aromatic carbocycles. The second kappa shape index (κ2) is 6.22. The fourth-order valence-electron chi connectivity index (χ4n) is 2.97. The zero-order chi connectivity index (χ0) is 14.7. The SMILES string of the molecule is C=CCN1CCN(c2nc3cccccc-3n2)CC1CC. The van der Waals surface area contributed by atoms with Crippen LogP contribution < -0.4 is 4.90 Å². The Labute approximate surface area is 126 Å². The molecular weight excluding hydrogens is 260 g/mol. The minimum Gasteiger partial charge on any atom is -0.338 e. The first-order valence-electron chi connectivity index (χ1n) is 7.64. The molecule has 0 N–H and O–H groups in total. The lowest BCUT2D eigenvalue weighted by atomic mass is 10.1. The van der Waals surface area contributed by atoms with Gasteiger partial charge in [0, 0.05) is 32.2 Å². The minimum atomic E-state index is 0.550. The molecule has 2 heterocycles. The third-order valence-corrected chi connectivity index (χ3v) is 4.16. The molecular formula is C17H22N4. The van der Waals surface area contributed by atoms with E-state index < -0.39 is 0 Å². The van der Waals surface area contributed by atoms with Gasteiger partial charge in [0.2, 0.25) is 5.95 Å². The molecule has 0 spiro atoms. The summed E-state index contributed by atoms with van der Waals surface area (Å²) in [6, 6.07) is 10.6. The predicted molar refractivity (Wildman–Crippen MR) is 86.7 cm³/mol. The van der Waals surface area contributed by atoms with E-state index in [0.717, 1.165) is 49.9 Å². The van der Waals surface area contributed by atoms with Gasteiger partial charge in [-0.3, -0.25) is 4.90 Å². The maximum atomic E-state index is 4.69. The smallest absolute Gasteiger partial charge is 0.226 e. The number of imidazole rings is 1. The monoisotopic (exact) mass is 282 g/mol. The quantitative estimate of drug-likeness (QED) is 0.807. The molecule has 3 aliphatic rings. The predicted octanol–water partition coefficient (Wildman–Crippen LogP) is 2.67. The zero-order valence-corrected chi connectivity index (χ0v) is 12.6. The summed E-state index contributed by atoms with van der Waals surface area (Å²) in [5, 5.41) is 0. The molecule has 1 fully saturated rings. The highest BCUT2D eigenvalue weighted by atomic mass is 15.3. The Morgan fingerprint density at radius 2 is 1.90 bits per heavy atom. The lowest BCUT2D eigenvalue weighted by Crippen LogP contribution is -2.53. The van der Waals surface area contributed by atoms with Crippen molar-refractivity contribution in [3.8, 4) is 11.4 Å². The summed E-state index contributed by atoms with van der Waals surface area (Å²) in [4.78, 5) is 14.2. The van der Waals surface area contributed by atoms with Crippen LogP contribution in [-0.2, 0) is 0 Å². The van der Waals surface area contributed by atoms with Crippen LogP contribution in [0.25, 0.3) is 11.4 Å². The van der Waals surface area contributed by atoms with Crippen molar-refractivity contribution >= 4 is 5.95 Å². The molecule has 110 valence electrons. The number of hydrogen-bond acceptors (Lipinski definition) is 4. The first-order chi connectivity index (χ1) is 10.3. The molecule has 0 radical (unpaired) electrons. The van der Waals surface area contributed by atoms with Crippen LogP contribution in [0.3, 0.4) is 0 Å². The summed E-state index contributed by atoms with van der Waals surface area (Å²) < 4.78 is 0. The number of fused-ring (bicyclic) bond motifs is 1. The molecule has 0 aromatic heterocycles. The van der Waals surface area contributed by atoms with Gasteiger partial charge in [0.15, 0.2) is 0 Å². The summed E-state index contributed by atoms with van der Waals surface area (Å²) in [5.74, 6) is 0.868. The Balaban J connectivity index is 1.80. The van der Waals surface area contributed by atoms with Crippen LogP contribution in [0.15, 0.2) is 43.0 Å². The minimum absolute atomic E-state index is 0.550. The molecule has 0 saturated carbocycles. The van der Waals surface area contributed by atoms with Crippen molar-refractivity contribution < 1.29 is 0 Å². The van der Waals surface area contributed by atoms with Crippen LogP contribution in [-0.4, -0.2) is 47.1 Å². The number of piperazine rings is 1. The van der Waals surface area contributed by atoms with E-state index in [9.17, 15) is 0 Å². The van der Waals surface area contributed by atoms with E-state index in [4.69, 9.17) is 9.97 Å². The van der Waals surface area contributed by atoms with E-state index in [-0.39, 0.29) is 0 Å². The molecule has 21 heavy (non-hydrogen) atoms. The number of aromatic nitrogens is 2. The van der Waals surface area contributed by atoms with Gasteiger partial charge in [-0.2, -0.15) is 0 Å². The summed E-state index contributed by atoms with van der Waals surface area (Å²) in [6.07, 6.45) is 3.13. The van der Waals surface area contributed by atoms with Crippen molar-refractivity contribution in [1.29, 1.82) is 0 Å². The largest absolute Gasteiger partial charge is 0.338 e. The second-order valence-corrected chi connectivity index (χ2v) is 5.50. The molecule has 4 heteroatoms. The third kappa shape index (κ3) is 2.90. The van der Waals surface area contributed by atoms with Gasteiger partial charge in [-0.1, -0.05) is 31.2 Å². The average molecular weight is 282 g/mol. The zero-order valence-electron chi connectivity index (χ0n) is 12.6. The molecule has 4 nitrogen and oxygen atoms in total. The van der Waals surface area contributed by atoms with Gasteiger partial charge >= 0.3 is 0 Å². The van der Waals surface area contributed by atoms with Crippen LogP contribution in [0.2, 0.25) is 0 Å². The third-order valence-electron chi connectivity index (χ3n) is 4.16. The van der Waals surface area contributed by atoms with Gasteiger partial charge in [-0.25, -0.2) is 9.97 Å². The summed E-state index contributed by atoms with van der Waals surface area (Å²) >= 11 is 0. The molecule has 2 aliphatic heterocycles. The fraction of sp³-hybridized carbons (Fsp3) is 0.412. The van der Waals surface area contributed by atoms with E-state index in [1.165, 1.54) is 0 Å². The van der Waals surface area contributed by atoms with Crippen LogP contribution in [0.5, 0.6) is 0 Å². The van der Waals surface area contributed by atoms with Crippen LogP contribution in [0.4, 0.5) is 5.95 Å². The standard InChI is InChI=1S/C17H22N4/c1-3-10-20-11-12-21(13-14(20)4-2)17-18-15-8-6-5-7-9-16(15)19-17/h3,5-9,14H,1,4,10-13H2,2H3. The van der Waals surface area contributed by atoms with Crippen molar-refractivity contribution in [2.75, 3.05) is 31.1 Å². The van der Waals surface area contributed by atoms with E-state index in [0.29, 0.717) is 6.04 Å². The van der Waals surface area contributed by atoms with Crippen LogP contribution in [0, 0.1) is 0 Å². The van der Waals surface area contributed by atoms with E-state index in [1.807, 2.05) is 36.4 Å². The highest BCUT2D eigenvalue weighted by Crippen LogP contribution is 2.24. The Morgan fingerprint density at radius 3 is 2.52 bits per heavy atom.